The van der Waals surface area contributed by atoms with Gasteiger partial charge in [0.2, 0.25) is 5.91 Å². The Bertz CT molecular complexity index is 543. The van der Waals surface area contributed by atoms with Crippen molar-refractivity contribution >= 4 is 33.5 Å². The summed E-state index contributed by atoms with van der Waals surface area (Å²) in [5.41, 5.74) is -1.31. The highest BCUT2D eigenvalue weighted by Crippen LogP contribution is 2.43. The number of benzene rings is 1. The summed E-state index contributed by atoms with van der Waals surface area (Å²) >= 11 is 3.20. The average Bonchev–Trinajstić information content (AvgIpc) is 2.29. The Labute approximate surface area is 118 Å². The van der Waals surface area contributed by atoms with Gasteiger partial charge >= 0.3 is 5.97 Å². The van der Waals surface area contributed by atoms with E-state index in [1.165, 1.54) is 25.2 Å². The van der Waals surface area contributed by atoms with Crippen molar-refractivity contribution in [1.82, 2.24) is 0 Å². The molecule has 0 aliphatic heterocycles. The normalized spacial score (nSPS) is 16.6. The number of rotatable bonds is 3. The average molecular weight is 330 g/mol. The molecule has 0 radical (unpaired) electrons. The summed E-state index contributed by atoms with van der Waals surface area (Å²) in [6, 6.07) is 4.21. The minimum Gasteiger partial charge on any atom is -0.480 e. The van der Waals surface area contributed by atoms with Crippen LogP contribution in [0.5, 0.6) is 0 Å². The summed E-state index contributed by atoms with van der Waals surface area (Å²) in [7, 11) is 1.40. The first-order valence-corrected chi connectivity index (χ1v) is 6.64. The lowest BCUT2D eigenvalue weighted by atomic mass is 9.68. The predicted octanol–water partition coefficient (Wildman–Crippen LogP) is 2.81. The lowest BCUT2D eigenvalue weighted by Crippen LogP contribution is -2.51. The van der Waals surface area contributed by atoms with E-state index < -0.39 is 23.1 Å². The number of anilines is 1. The van der Waals surface area contributed by atoms with Gasteiger partial charge in [0.1, 0.15) is 11.2 Å². The van der Waals surface area contributed by atoms with Crippen molar-refractivity contribution in [1.29, 1.82) is 0 Å². The molecule has 1 N–H and O–H groups in total. The number of hydrogen-bond acceptors (Lipinski definition) is 2. The Balaban J connectivity index is 2.33. The van der Waals surface area contributed by atoms with Gasteiger partial charge in [0.15, 0.2) is 0 Å². The highest BCUT2D eigenvalue weighted by Gasteiger charge is 2.52. The van der Waals surface area contributed by atoms with Crippen molar-refractivity contribution in [3.63, 3.8) is 0 Å². The summed E-state index contributed by atoms with van der Waals surface area (Å²) in [4.78, 5) is 24.7. The summed E-state index contributed by atoms with van der Waals surface area (Å²) in [6.45, 7) is 0. The van der Waals surface area contributed by atoms with Crippen LogP contribution in [0.2, 0.25) is 0 Å². The fourth-order valence-corrected chi connectivity index (χ4v) is 2.57. The smallest absolute Gasteiger partial charge is 0.319 e. The van der Waals surface area contributed by atoms with Gasteiger partial charge in [-0.15, -0.1) is 0 Å². The minimum absolute atomic E-state index is 0.0758. The molecule has 1 fully saturated rings. The maximum atomic E-state index is 13.7. The van der Waals surface area contributed by atoms with E-state index in [0.717, 1.165) is 4.90 Å². The second-order valence-corrected chi connectivity index (χ2v) is 5.62. The number of halogens is 2. The van der Waals surface area contributed by atoms with Crippen molar-refractivity contribution in [3.05, 3.63) is 28.5 Å². The van der Waals surface area contributed by atoms with Gasteiger partial charge in [-0.25, -0.2) is 4.39 Å². The zero-order chi connectivity index (χ0) is 14.2. The second kappa shape index (κ2) is 4.92. The van der Waals surface area contributed by atoms with E-state index in [4.69, 9.17) is 0 Å². The molecule has 1 aromatic rings. The van der Waals surface area contributed by atoms with E-state index in [-0.39, 0.29) is 5.69 Å². The maximum Gasteiger partial charge on any atom is 0.319 e. The summed E-state index contributed by atoms with van der Waals surface area (Å²) in [6.07, 6.45) is 1.31. The Morgan fingerprint density at radius 1 is 1.42 bits per heavy atom. The number of carboxylic acid groups (broad SMARTS) is 1. The molecule has 2 rings (SSSR count). The largest absolute Gasteiger partial charge is 0.480 e. The molecule has 1 aromatic carbocycles. The van der Waals surface area contributed by atoms with Crippen LogP contribution < -0.4 is 4.90 Å². The van der Waals surface area contributed by atoms with Crippen LogP contribution in [0.3, 0.4) is 0 Å². The molecule has 1 saturated carbocycles. The molecule has 102 valence electrons. The molecule has 1 aliphatic rings. The molecule has 6 heteroatoms. The lowest BCUT2D eigenvalue weighted by molar-refractivity contribution is -0.160. The van der Waals surface area contributed by atoms with Crippen LogP contribution in [0.15, 0.2) is 22.7 Å². The predicted molar refractivity (Wildman–Crippen MR) is 71.4 cm³/mol. The van der Waals surface area contributed by atoms with Gasteiger partial charge in [0.25, 0.3) is 0 Å². The zero-order valence-corrected chi connectivity index (χ0v) is 11.9. The Morgan fingerprint density at radius 3 is 2.53 bits per heavy atom. The Morgan fingerprint density at radius 2 is 2.05 bits per heavy atom. The first kappa shape index (κ1) is 14.0. The van der Waals surface area contributed by atoms with E-state index in [2.05, 4.69) is 15.9 Å². The van der Waals surface area contributed by atoms with Gasteiger partial charge in [0.05, 0.1) is 5.69 Å². The third-order valence-corrected chi connectivity index (χ3v) is 4.09. The van der Waals surface area contributed by atoms with E-state index in [9.17, 15) is 19.1 Å². The molecule has 0 spiro atoms. The fourth-order valence-electron chi connectivity index (χ4n) is 2.22. The van der Waals surface area contributed by atoms with Crippen LogP contribution in [-0.4, -0.2) is 24.0 Å². The van der Waals surface area contributed by atoms with Crippen LogP contribution >= 0.6 is 15.9 Å². The van der Waals surface area contributed by atoms with Crippen LogP contribution in [0.25, 0.3) is 0 Å². The van der Waals surface area contributed by atoms with Gasteiger partial charge in [-0.05, 0) is 31.0 Å². The third kappa shape index (κ3) is 2.25. The van der Waals surface area contributed by atoms with Crippen LogP contribution in [0.4, 0.5) is 10.1 Å². The Kier molecular flexibility index (Phi) is 3.62. The highest BCUT2D eigenvalue weighted by atomic mass is 79.9. The molecule has 0 aromatic heterocycles. The fraction of sp³-hybridized carbons (Fsp3) is 0.385. The number of hydrogen-bond donors (Lipinski definition) is 1. The van der Waals surface area contributed by atoms with Crippen LogP contribution in [0, 0.1) is 11.2 Å². The number of nitrogens with zero attached hydrogens (tertiary/aromatic N) is 1. The summed E-state index contributed by atoms with van der Waals surface area (Å²) < 4.78 is 14.4. The molecule has 0 atom stereocenters. The molecule has 1 aliphatic carbocycles. The minimum atomic E-state index is -1.39. The molecule has 1 amide bonds. The topological polar surface area (TPSA) is 57.6 Å². The molecule has 0 unspecified atom stereocenters. The van der Waals surface area contributed by atoms with Crippen molar-refractivity contribution in [2.24, 2.45) is 5.41 Å². The van der Waals surface area contributed by atoms with Crippen molar-refractivity contribution in [3.8, 4) is 0 Å². The summed E-state index contributed by atoms with van der Waals surface area (Å²) in [5.74, 6) is -2.26. The van der Waals surface area contributed by atoms with Crippen LogP contribution in [-0.2, 0) is 9.59 Å². The van der Waals surface area contributed by atoms with Crippen LogP contribution in [0.1, 0.15) is 19.3 Å². The first-order valence-electron chi connectivity index (χ1n) is 5.85. The lowest BCUT2D eigenvalue weighted by Gasteiger charge is -2.38. The second-order valence-electron chi connectivity index (χ2n) is 4.70. The van der Waals surface area contributed by atoms with Gasteiger partial charge in [0, 0.05) is 11.5 Å². The number of carbonyl (C=O) groups excluding carboxylic acids is 1. The first-order chi connectivity index (χ1) is 8.88. The van der Waals surface area contributed by atoms with Crippen molar-refractivity contribution in [2.75, 3.05) is 11.9 Å². The summed E-state index contributed by atoms with van der Waals surface area (Å²) in [5, 5.41) is 9.22. The number of amides is 1. The molecule has 19 heavy (non-hydrogen) atoms. The number of aliphatic carboxylic acids is 1. The van der Waals surface area contributed by atoms with E-state index in [1.54, 1.807) is 0 Å². The third-order valence-electron chi connectivity index (χ3n) is 3.60. The van der Waals surface area contributed by atoms with Crippen molar-refractivity contribution < 1.29 is 19.1 Å². The quantitative estimate of drug-likeness (QED) is 0.867. The number of carbonyl (C=O) groups is 2. The molecule has 0 heterocycles. The molecular weight excluding hydrogens is 317 g/mol. The molecular formula is C13H13BrFNO3. The van der Waals surface area contributed by atoms with Gasteiger partial charge in [-0.1, -0.05) is 22.4 Å². The SMILES string of the molecule is CN(C(=O)C1(C(=O)O)CCC1)c1cc(Br)ccc1F. The van der Waals surface area contributed by atoms with E-state index in [1.807, 2.05) is 0 Å². The highest BCUT2D eigenvalue weighted by molar-refractivity contribution is 9.10. The molecule has 4 nitrogen and oxygen atoms in total. The molecule has 0 saturated heterocycles. The maximum absolute atomic E-state index is 13.7. The molecule has 0 bridgehead atoms. The van der Waals surface area contributed by atoms with Gasteiger partial charge < -0.3 is 10.0 Å². The Hall–Kier alpha value is -1.43. The van der Waals surface area contributed by atoms with E-state index >= 15 is 0 Å². The van der Waals surface area contributed by atoms with E-state index in [0.29, 0.717) is 23.7 Å². The zero-order valence-electron chi connectivity index (χ0n) is 10.3. The number of carboxylic acids is 1. The van der Waals surface area contributed by atoms with Gasteiger partial charge in [-0.2, -0.15) is 0 Å². The monoisotopic (exact) mass is 329 g/mol. The van der Waals surface area contributed by atoms with Crippen molar-refractivity contribution in [2.45, 2.75) is 19.3 Å². The van der Waals surface area contributed by atoms with Gasteiger partial charge in [-0.3, -0.25) is 9.59 Å². The standard InChI is InChI=1S/C13H13BrFNO3/c1-16(10-7-8(14)3-4-9(10)15)11(17)13(12(18)19)5-2-6-13/h3-4,7H,2,5-6H2,1H3,(H,18,19).